The smallest absolute Gasteiger partial charge is 0.343 e. The molecule has 0 aliphatic carbocycles. The van der Waals surface area contributed by atoms with Crippen LogP contribution in [0.1, 0.15) is 18.6 Å². The lowest BCUT2D eigenvalue weighted by Gasteiger charge is -2.17. The zero-order valence-corrected chi connectivity index (χ0v) is 16.1. The van der Waals surface area contributed by atoms with E-state index in [2.05, 4.69) is 5.32 Å². The van der Waals surface area contributed by atoms with Gasteiger partial charge in [-0.1, -0.05) is 71.7 Å². The zero-order valence-electron chi connectivity index (χ0n) is 14.6. The average molecular weight is 400 g/mol. The Hall–Kier alpha value is -1.79. The zero-order chi connectivity index (χ0) is 19.6. The molecule has 0 heterocycles. The number of para-hydroxylation sites is 1. The monoisotopic (exact) mass is 399 g/mol. The molecular weight excluding hydrogens is 377 g/mol. The third kappa shape index (κ3) is 7.62. The Labute approximate surface area is 163 Å². The first-order chi connectivity index (χ1) is 12.3. The Balaban J connectivity index is 0.000000263. The van der Waals surface area contributed by atoms with E-state index in [-0.39, 0.29) is 12.6 Å². The molecule has 0 spiro atoms. The van der Waals surface area contributed by atoms with Crippen molar-refractivity contribution in [3.05, 3.63) is 66.2 Å². The number of aliphatic hydroxyl groups excluding tert-OH is 1. The molecule has 0 aromatic heterocycles. The fraction of sp³-hybridized carbons (Fsp3) is 0.316. The molecule has 0 radical (unpaired) electrons. The van der Waals surface area contributed by atoms with Crippen molar-refractivity contribution in [2.24, 2.45) is 0 Å². The van der Waals surface area contributed by atoms with E-state index in [0.717, 1.165) is 5.56 Å². The predicted octanol–water partition coefficient (Wildman–Crippen LogP) is 3.65. The van der Waals surface area contributed by atoms with Gasteiger partial charge < -0.3 is 20.3 Å². The number of carbonyl (C=O) groups is 1. The lowest BCUT2D eigenvalue weighted by molar-refractivity contribution is -0.138. The minimum Gasteiger partial charge on any atom is -0.490 e. The molecule has 0 fully saturated rings. The van der Waals surface area contributed by atoms with Crippen LogP contribution in [0.4, 0.5) is 0 Å². The van der Waals surface area contributed by atoms with Gasteiger partial charge in [-0.3, -0.25) is 0 Å². The molecule has 0 bridgehead atoms. The van der Waals surface area contributed by atoms with Crippen LogP contribution in [-0.2, 0) is 4.79 Å². The van der Waals surface area contributed by atoms with Crippen molar-refractivity contribution in [1.82, 2.24) is 5.32 Å². The number of halogens is 2. The van der Waals surface area contributed by atoms with Crippen LogP contribution < -0.4 is 10.1 Å². The Bertz CT molecular complexity index is 653. The van der Waals surface area contributed by atoms with Crippen LogP contribution in [0.2, 0.25) is 0 Å². The first-order valence-electron chi connectivity index (χ1n) is 7.97. The minimum atomic E-state index is -1.91. The van der Waals surface area contributed by atoms with E-state index in [0.29, 0.717) is 5.75 Å². The van der Waals surface area contributed by atoms with E-state index in [1.54, 1.807) is 24.3 Å². The van der Waals surface area contributed by atoms with Gasteiger partial charge in [0.2, 0.25) is 4.33 Å². The molecule has 0 unspecified atom stereocenters. The number of hydrogen-bond donors (Lipinski definition) is 3. The van der Waals surface area contributed by atoms with Crippen LogP contribution in [0, 0.1) is 0 Å². The van der Waals surface area contributed by atoms with Gasteiger partial charge in [-0.15, -0.1) is 0 Å². The van der Waals surface area contributed by atoms with Crippen LogP contribution in [0.25, 0.3) is 0 Å². The molecule has 3 N–H and O–H groups in total. The second kappa shape index (κ2) is 11.0. The van der Waals surface area contributed by atoms with E-state index in [1.807, 2.05) is 50.4 Å². The number of carboxylic acids is 1. The molecule has 5 nitrogen and oxygen atoms in total. The molecule has 0 amide bonds. The summed E-state index contributed by atoms with van der Waals surface area (Å²) in [4.78, 5) is 10.5. The topological polar surface area (TPSA) is 78.8 Å². The number of aliphatic hydroxyl groups is 1. The Morgan fingerprint density at radius 3 is 2.08 bits per heavy atom. The molecule has 0 aliphatic heterocycles. The molecule has 2 aromatic rings. The van der Waals surface area contributed by atoms with Crippen molar-refractivity contribution < 1.29 is 19.7 Å². The van der Waals surface area contributed by atoms with Gasteiger partial charge in [0.15, 0.2) is 0 Å². The maximum Gasteiger partial charge on any atom is 0.343 e. The van der Waals surface area contributed by atoms with E-state index in [9.17, 15) is 9.90 Å². The van der Waals surface area contributed by atoms with Gasteiger partial charge >= 0.3 is 5.97 Å². The third-order valence-corrected chi connectivity index (χ3v) is 4.09. The van der Waals surface area contributed by atoms with Gasteiger partial charge in [-0.2, -0.15) is 0 Å². The molecule has 142 valence electrons. The number of benzene rings is 2. The standard InChI is InChI=1S/C10H15NO.C9H8Cl2O3/c1-8(11-2)10(12)9-6-4-3-5-7-9;10-9(11,8(12)13)6-14-7-4-2-1-3-5-7/h3-8,10-12H,1-2H3;1-5H,6H2,(H,12,13)/t8-,10-;/m0./s1. The molecule has 2 rings (SSSR count). The molecule has 0 saturated heterocycles. The van der Waals surface area contributed by atoms with E-state index in [4.69, 9.17) is 33.0 Å². The van der Waals surface area contributed by atoms with Crippen molar-refractivity contribution in [2.75, 3.05) is 13.7 Å². The van der Waals surface area contributed by atoms with Crippen LogP contribution in [0.15, 0.2) is 60.7 Å². The number of rotatable bonds is 7. The first-order valence-corrected chi connectivity index (χ1v) is 8.73. The first kappa shape index (κ1) is 22.3. The number of aliphatic carboxylic acids is 1. The maximum absolute atomic E-state index is 10.5. The Morgan fingerprint density at radius 2 is 1.62 bits per heavy atom. The lowest BCUT2D eigenvalue weighted by atomic mass is 10.0. The van der Waals surface area contributed by atoms with Gasteiger partial charge in [-0.05, 0) is 31.7 Å². The number of alkyl halides is 2. The quantitative estimate of drug-likeness (QED) is 0.619. The van der Waals surface area contributed by atoms with Gasteiger partial charge in [0, 0.05) is 6.04 Å². The summed E-state index contributed by atoms with van der Waals surface area (Å²) in [5.41, 5.74) is 0.958. The summed E-state index contributed by atoms with van der Waals surface area (Å²) in [5, 5.41) is 21.3. The summed E-state index contributed by atoms with van der Waals surface area (Å²) < 4.78 is 3.18. The highest BCUT2D eigenvalue weighted by Crippen LogP contribution is 2.22. The molecular formula is C19H23Cl2NO4. The molecule has 26 heavy (non-hydrogen) atoms. The highest BCUT2D eigenvalue weighted by molar-refractivity contribution is 6.57. The molecule has 2 atom stereocenters. The van der Waals surface area contributed by atoms with Crippen molar-refractivity contribution in [1.29, 1.82) is 0 Å². The normalized spacial score (nSPS) is 13.1. The van der Waals surface area contributed by atoms with Crippen LogP contribution in [0.5, 0.6) is 5.75 Å². The van der Waals surface area contributed by atoms with Crippen molar-refractivity contribution in [3.8, 4) is 5.75 Å². The molecule has 0 saturated carbocycles. The van der Waals surface area contributed by atoms with Crippen LogP contribution in [0.3, 0.4) is 0 Å². The van der Waals surface area contributed by atoms with Gasteiger partial charge in [0.05, 0.1) is 6.10 Å². The van der Waals surface area contributed by atoms with E-state index in [1.165, 1.54) is 0 Å². The Kier molecular flexibility index (Phi) is 9.44. The largest absolute Gasteiger partial charge is 0.490 e. The maximum atomic E-state index is 10.5. The number of nitrogens with one attached hydrogen (secondary N) is 1. The summed E-state index contributed by atoms with van der Waals surface area (Å²) in [5.74, 6) is -0.795. The predicted molar refractivity (Wildman–Crippen MR) is 104 cm³/mol. The summed E-state index contributed by atoms with van der Waals surface area (Å²) >= 11 is 10.9. The number of carboxylic acid groups (broad SMARTS) is 1. The molecule has 0 aliphatic rings. The van der Waals surface area contributed by atoms with Crippen molar-refractivity contribution in [3.63, 3.8) is 0 Å². The van der Waals surface area contributed by atoms with Crippen molar-refractivity contribution >= 4 is 29.2 Å². The number of likely N-dealkylation sites (N-methyl/N-ethyl adjacent to an activating group) is 1. The van der Waals surface area contributed by atoms with Gasteiger partial charge in [0.1, 0.15) is 12.4 Å². The summed E-state index contributed by atoms with van der Waals surface area (Å²) in [6.45, 7) is 1.66. The molecule has 7 heteroatoms. The number of ether oxygens (including phenoxy) is 1. The summed E-state index contributed by atoms with van der Waals surface area (Å²) in [6.07, 6.45) is -0.420. The second-order valence-corrected chi connectivity index (χ2v) is 7.03. The fourth-order valence-corrected chi connectivity index (χ4v) is 1.96. The Morgan fingerprint density at radius 1 is 1.12 bits per heavy atom. The number of hydrogen-bond acceptors (Lipinski definition) is 4. The van der Waals surface area contributed by atoms with E-state index >= 15 is 0 Å². The van der Waals surface area contributed by atoms with Gasteiger partial charge in [0.25, 0.3) is 0 Å². The third-order valence-electron chi connectivity index (χ3n) is 3.55. The SMILES string of the molecule is CN[C@@H](C)[C@H](O)c1ccccc1.O=C(O)C(Cl)(Cl)COc1ccccc1. The molecule has 2 aromatic carbocycles. The highest BCUT2D eigenvalue weighted by atomic mass is 35.5. The van der Waals surface area contributed by atoms with Crippen LogP contribution >= 0.6 is 23.2 Å². The van der Waals surface area contributed by atoms with E-state index < -0.39 is 16.4 Å². The fourth-order valence-electron chi connectivity index (χ4n) is 1.85. The highest BCUT2D eigenvalue weighted by Gasteiger charge is 2.34. The minimum absolute atomic E-state index is 0.0902. The van der Waals surface area contributed by atoms with Crippen LogP contribution in [-0.4, -0.2) is 40.2 Å². The lowest BCUT2D eigenvalue weighted by Crippen LogP contribution is -2.32. The second-order valence-electron chi connectivity index (χ2n) is 5.54. The van der Waals surface area contributed by atoms with Crippen molar-refractivity contribution in [2.45, 2.75) is 23.4 Å². The van der Waals surface area contributed by atoms with Gasteiger partial charge in [-0.25, -0.2) is 4.79 Å². The average Bonchev–Trinajstić information content (AvgIpc) is 2.67. The summed E-state index contributed by atoms with van der Waals surface area (Å²) in [7, 11) is 1.84. The summed E-state index contributed by atoms with van der Waals surface area (Å²) in [6, 6.07) is 18.5.